The third kappa shape index (κ3) is 5.38. The highest BCUT2D eigenvalue weighted by Gasteiger charge is 2.24. The Morgan fingerprint density at radius 1 is 1.13 bits per heavy atom. The molecule has 1 atom stereocenters. The van der Waals surface area contributed by atoms with E-state index in [0.29, 0.717) is 0 Å². The predicted molar refractivity (Wildman–Crippen MR) is 97.6 cm³/mol. The van der Waals surface area contributed by atoms with Crippen molar-refractivity contribution in [3.8, 4) is 0 Å². The molecule has 0 saturated carbocycles. The second-order valence-corrected chi connectivity index (χ2v) is 6.26. The summed E-state index contributed by atoms with van der Waals surface area (Å²) in [5.74, 6) is -0.0390. The second-order valence-electron chi connectivity index (χ2n) is 6.26. The van der Waals surface area contributed by atoms with E-state index in [4.69, 9.17) is 5.73 Å². The van der Waals surface area contributed by atoms with Gasteiger partial charge in [0, 0.05) is 12.5 Å². The average Bonchev–Trinajstić information content (AvgIpc) is 2.47. The van der Waals surface area contributed by atoms with Gasteiger partial charge in [0.1, 0.15) is 0 Å². The Labute approximate surface area is 144 Å². The molecule has 0 bridgehead atoms. The lowest BCUT2D eigenvalue weighted by Crippen LogP contribution is -2.42. The lowest BCUT2D eigenvalue weighted by atomic mass is 9.92. The molecule has 3 nitrogen and oxygen atoms in total. The summed E-state index contributed by atoms with van der Waals surface area (Å²) >= 11 is 0. The van der Waals surface area contributed by atoms with Gasteiger partial charge in [-0.25, -0.2) is 0 Å². The van der Waals surface area contributed by atoms with E-state index in [1.54, 1.807) is 0 Å². The maximum absolute atomic E-state index is 12.3. The molecule has 0 aliphatic heterocycles. The molecule has 2 aromatic carbocycles. The standard InChI is InChI=1S/C19H24N2O.ClH/c1-14-8-7-11-16(12-14)19(2,3)21-18(22)13-17(20)15-9-5-4-6-10-15;/h4-12,17H,13,20H2,1-3H3,(H,21,22);1H. The highest BCUT2D eigenvalue weighted by molar-refractivity contribution is 5.85. The number of halogens is 1. The molecule has 0 aromatic heterocycles. The molecule has 0 radical (unpaired) electrons. The number of nitrogens with two attached hydrogens (primary N) is 1. The zero-order valence-corrected chi connectivity index (χ0v) is 14.7. The Hall–Kier alpha value is -1.84. The predicted octanol–water partition coefficient (Wildman–Crippen LogP) is 3.86. The zero-order chi connectivity index (χ0) is 16.2. The summed E-state index contributed by atoms with van der Waals surface area (Å²) in [7, 11) is 0. The number of carbonyl (C=O) groups excluding carboxylic acids is 1. The molecule has 23 heavy (non-hydrogen) atoms. The fourth-order valence-electron chi connectivity index (χ4n) is 2.52. The first kappa shape index (κ1) is 19.2. The van der Waals surface area contributed by atoms with Gasteiger partial charge in [0.25, 0.3) is 0 Å². The Morgan fingerprint density at radius 3 is 2.39 bits per heavy atom. The van der Waals surface area contributed by atoms with Gasteiger partial charge in [0.05, 0.1) is 5.54 Å². The van der Waals surface area contributed by atoms with Gasteiger partial charge in [-0.15, -0.1) is 12.4 Å². The number of carbonyl (C=O) groups is 1. The van der Waals surface area contributed by atoms with Gasteiger partial charge < -0.3 is 11.1 Å². The lowest BCUT2D eigenvalue weighted by molar-refractivity contribution is -0.123. The van der Waals surface area contributed by atoms with E-state index < -0.39 is 5.54 Å². The third-order valence-corrected chi connectivity index (χ3v) is 3.82. The van der Waals surface area contributed by atoms with E-state index >= 15 is 0 Å². The molecule has 124 valence electrons. The largest absolute Gasteiger partial charge is 0.347 e. The van der Waals surface area contributed by atoms with Crippen LogP contribution in [0.3, 0.4) is 0 Å². The summed E-state index contributed by atoms with van der Waals surface area (Å²) in [6.45, 7) is 6.06. The van der Waals surface area contributed by atoms with Gasteiger partial charge in [-0.2, -0.15) is 0 Å². The molecular formula is C19H25ClN2O. The van der Waals surface area contributed by atoms with Crippen LogP contribution in [-0.4, -0.2) is 5.91 Å². The summed E-state index contributed by atoms with van der Waals surface area (Å²) in [5.41, 5.74) is 8.95. The minimum atomic E-state index is -0.417. The Bertz CT molecular complexity index is 641. The van der Waals surface area contributed by atoms with Crippen molar-refractivity contribution in [2.75, 3.05) is 0 Å². The minimum absolute atomic E-state index is 0. The van der Waals surface area contributed by atoms with Crippen LogP contribution in [-0.2, 0) is 10.3 Å². The smallest absolute Gasteiger partial charge is 0.222 e. The van der Waals surface area contributed by atoms with Crippen molar-refractivity contribution in [1.82, 2.24) is 5.32 Å². The number of aryl methyl sites for hydroxylation is 1. The number of benzene rings is 2. The van der Waals surface area contributed by atoms with Gasteiger partial charge in [-0.3, -0.25) is 4.79 Å². The van der Waals surface area contributed by atoms with Crippen molar-refractivity contribution >= 4 is 18.3 Å². The van der Waals surface area contributed by atoms with Crippen molar-refractivity contribution in [1.29, 1.82) is 0 Å². The van der Waals surface area contributed by atoms with Crippen LogP contribution in [0.2, 0.25) is 0 Å². The quantitative estimate of drug-likeness (QED) is 0.873. The molecule has 0 fully saturated rings. The van der Waals surface area contributed by atoms with E-state index in [1.165, 1.54) is 5.56 Å². The van der Waals surface area contributed by atoms with Crippen molar-refractivity contribution in [3.05, 3.63) is 71.3 Å². The second kappa shape index (κ2) is 8.14. The van der Waals surface area contributed by atoms with Crippen LogP contribution in [0.25, 0.3) is 0 Å². The lowest BCUT2D eigenvalue weighted by Gasteiger charge is -2.28. The van der Waals surface area contributed by atoms with Crippen molar-refractivity contribution in [2.45, 2.75) is 38.8 Å². The summed E-state index contributed by atoms with van der Waals surface area (Å²) in [4.78, 5) is 12.3. The van der Waals surface area contributed by atoms with Crippen molar-refractivity contribution in [2.24, 2.45) is 5.73 Å². The van der Waals surface area contributed by atoms with Crippen LogP contribution in [0.1, 0.15) is 43.0 Å². The highest BCUT2D eigenvalue weighted by atomic mass is 35.5. The van der Waals surface area contributed by atoms with Gasteiger partial charge >= 0.3 is 0 Å². The third-order valence-electron chi connectivity index (χ3n) is 3.82. The summed E-state index contributed by atoms with van der Waals surface area (Å²) in [6, 6.07) is 17.6. The molecule has 4 heteroatoms. The molecule has 2 aromatic rings. The number of rotatable bonds is 5. The van der Waals surface area contributed by atoms with Crippen LogP contribution < -0.4 is 11.1 Å². The molecule has 1 unspecified atom stereocenters. The van der Waals surface area contributed by atoms with E-state index in [0.717, 1.165) is 11.1 Å². The zero-order valence-electron chi connectivity index (χ0n) is 13.9. The molecule has 0 heterocycles. The summed E-state index contributed by atoms with van der Waals surface area (Å²) in [6.07, 6.45) is 0.277. The Morgan fingerprint density at radius 2 is 1.78 bits per heavy atom. The maximum atomic E-state index is 12.3. The molecule has 0 spiro atoms. The van der Waals surface area contributed by atoms with Crippen molar-refractivity contribution < 1.29 is 4.79 Å². The fourth-order valence-corrected chi connectivity index (χ4v) is 2.52. The Kier molecular flexibility index (Phi) is 6.79. The first-order valence-electron chi connectivity index (χ1n) is 7.57. The highest BCUT2D eigenvalue weighted by Crippen LogP contribution is 2.22. The van der Waals surface area contributed by atoms with Crippen molar-refractivity contribution in [3.63, 3.8) is 0 Å². The van der Waals surface area contributed by atoms with Crippen LogP contribution >= 0.6 is 12.4 Å². The number of nitrogens with one attached hydrogen (secondary N) is 1. The normalized spacial score (nSPS) is 12.2. The van der Waals surface area contributed by atoms with E-state index in [1.807, 2.05) is 69.3 Å². The topological polar surface area (TPSA) is 55.1 Å². The molecule has 0 aliphatic carbocycles. The van der Waals surface area contributed by atoms with E-state index in [-0.39, 0.29) is 30.8 Å². The molecule has 0 aliphatic rings. The van der Waals surface area contributed by atoms with Gasteiger partial charge in [-0.1, -0.05) is 60.2 Å². The van der Waals surface area contributed by atoms with Crippen LogP contribution in [0.5, 0.6) is 0 Å². The molecule has 1 amide bonds. The number of amides is 1. The first-order valence-corrected chi connectivity index (χ1v) is 7.57. The SMILES string of the molecule is Cc1cccc(C(C)(C)NC(=O)CC(N)c2ccccc2)c1.Cl. The van der Waals surface area contributed by atoms with Crippen LogP contribution in [0, 0.1) is 6.92 Å². The number of hydrogen-bond donors (Lipinski definition) is 2. The van der Waals surface area contributed by atoms with E-state index in [9.17, 15) is 4.79 Å². The van der Waals surface area contributed by atoms with Gasteiger partial charge in [0.15, 0.2) is 0 Å². The molecule has 3 N–H and O–H groups in total. The summed E-state index contributed by atoms with van der Waals surface area (Å²) in [5, 5.41) is 3.08. The van der Waals surface area contributed by atoms with Gasteiger partial charge in [-0.05, 0) is 31.9 Å². The monoisotopic (exact) mass is 332 g/mol. The number of hydrogen-bond acceptors (Lipinski definition) is 2. The summed E-state index contributed by atoms with van der Waals surface area (Å²) < 4.78 is 0. The Balaban J connectivity index is 0.00000264. The molecule has 2 rings (SSSR count). The molecule has 0 saturated heterocycles. The van der Waals surface area contributed by atoms with Gasteiger partial charge in [0.2, 0.25) is 5.91 Å². The minimum Gasteiger partial charge on any atom is -0.347 e. The fraction of sp³-hybridized carbons (Fsp3) is 0.316. The molecular weight excluding hydrogens is 308 g/mol. The van der Waals surface area contributed by atoms with Crippen LogP contribution in [0.4, 0.5) is 0 Å². The van der Waals surface area contributed by atoms with E-state index in [2.05, 4.69) is 11.4 Å². The average molecular weight is 333 g/mol. The first-order chi connectivity index (χ1) is 10.4. The van der Waals surface area contributed by atoms with Crippen LogP contribution in [0.15, 0.2) is 54.6 Å². The maximum Gasteiger partial charge on any atom is 0.222 e.